The van der Waals surface area contributed by atoms with Gasteiger partial charge in [0.25, 0.3) is 5.56 Å². The van der Waals surface area contributed by atoms with Gasteiger partial charge in [-0.2, -0.15) is 0 Å². The van der Waals surface area contributed by atoms with Crippen molar-refractivity contribution in [2.24, 2.45) is 0 Å². The smallest absolute Gasteiger partial charge is 0.268 e. The summed E-state index contributed by atoms with van der Waals surface area (Å²) in [7, 11) is 4.79. The number of thiophene rings is 1. The first-order valence-electron chi connectivity index (χ1n) is 8.13. The van der Waals surface area contributed by atoms with Gasteiger partial charge in [-0.25, -0.2) is 4.98 Å². The van der Waals surface area contributed by atoms with Crippen molar-refractivity contribution < 1.29 is 14.3 Å². The molecule has 7 nitrogen and oxygen atoms in total. The first-order chi connectivity index (χ1) is 13.0. The van der Waals surface area contributed by atoms with Crippen LogP contribution in [0, 0.1) is 0 Å². The SMILES string of the molecule is COc1ccc(OC)c(C=CC(=O)N(C)Cc2nc3ccsc3c(=O)[nH]2)c1. The first-order valence-corrected chi connectivity index (χ1v) is 9.01. The number of ether oxygens (including phenoxy) is 2. The number of H-pyrrole nitrogens is 1. The molecular weight excluding hydrogens is 366 g/mol. The summed E-state index contributed by atoms with van der Waals surface area (Å²) in [5.74, 6) is 1.51. The number of aromatic nitrogens is 2. The summed E-state index contributed by atoms with van der Waals surface area (Å²) >= 11 is 1.34. The fourth-order valence-corrected chi connectivity index (χ4v) is 3.28. The van der Waals surface area contributed by atoms with Crippen molar-refractivity contribution in [3.05, 3.63) is 57.5 Å². The highest BCUT2D eigenvalue weighted by Crippen LogP contribution is 2.25. The van der Waals surface area contributed by atoms with E-state index in [1.165, 1.54) is 22.3 Å². The number of amides is 1. The molecule has 0 unspecified atom stereocenters. The highest BCUT2D eigenvalue weighted by molar-refractivity contribution is 7.17. The topological polar surface area (TPSA) is 84.5 Å². The van der Waals surface area contributed by atoms with Crippen LogP contribution in [0.25, 0.3) is 16.3 Å². The molecule has 3 rings (SSSR count). The number of benzene rings is 1. The Morgan fingerprint density at radius 2 is 2.11 bits per heavy atom. The lowest BCUT2D eigenvalue weighted by Crippen LogP contribution is -2.26. The van der Waals surface area contributed by atoms with Gasteiger partial charge in [0, 0.05) is 18.7 Å². The Morgan fingerprint density at radius 3 is 2.85 bits per heavy atom. The summed E-state index contributed by atoms with van der Waals surface area (Å²) < 4.78 is 11.1. The van der Waals surface area contributed by atoms with Gasteiger partial charge in [-0.3, -0.25) is 9.59 Å². The number of likely N-dealkylation sites (N-methyl/N-ethyl adjacent to an activating group) is 1. The maximum Gasteiger partial charge on any atom is 0.268 e. The van der Waals surface area contributed by atoms with E-state index in [-0.39, 0.29) is 18.0 Å². The molecular formula is C19H19N3O4S. The van der Waals surface area contributed by atoms with E-state index in [4.69, 9.17) is 9.47 Å². The van der Waals surface area contributed by atoms with E-state index in [9.17, 15) is 9.59 Å². The van der Waals surface area contributed by atoms with Crippen LogP contribution in [0.4, 0.5) is 0 Å². The van der Waals surface area contributed by atoms with E-state index in [0.29, 0.717) is 27.5 Å². The minimum absolute atomic E-state index is 0.192. The highest BCUT2D eigenvalue weighted by atomic mass is 32.1. The normalized spacial score (nSPS) is 11.1. The fourth-order valence-electron chi connectivity index (χ4n) is 2.56. The summed E-state index contributed by atoms with van der Waals surface area (Å²) in [4.78, 5) is 33.0. The van der Waals surface area contributed by atoms with Crippen molar-refractivity contribution >= 4 is 33.5 Å². The van der Waals surface area contributed by atoms with Crippen LogP contribution >= 0.6 is 11.3 Å². The molecule has 0 aliphatic carbocycles. The third kappa shape index (κ3) is 4.17. The molecule has 0 radical (unpaired) electrons. The lowest BCUT2D eigenvalue weighted by Gasteiger charge is -2.14. The minimum Gasteiger partial charge on any atom is -0.497 e. The Balaban J connectivity index is 1.75. The van der Waals surface area contributed by atoms with Crippen LogP contribution in [0.5, 0.6) is 11.5 Å². The summed E-state index contributed by atoms with van der Waals surface area (Å²) in [5, 5.41) is 1.82. The molecule has 0 fully saturated rings. The number of aromatic amines is 1. The van der Waals surface area contributed by atoms with E-state index in [1.54, 1.807) is 51.6 Å². The van der Waals surface area contributed by atoms with Gasteiger partial charge in [-0.05, 0) is 35.7 Å². The monoisotopic (exact) mass is 385 g/mol. The number of carbonyl (C=O) groups is 1. The third-order valence-corrected chi connectivity index (χ3v) is 4.87. The number of carbonyl (C=O) groups excluding carboxylic acids is 1. The van der Waals surface area contributed by atoms with E-state index in [0.717, 1.165) is 5.56 Å². The highest BCUT2D eigenvalue weighted by Gasteiger charge is 2.11. The van der Waals surface area contributed by atoms with Crippen molar-refractivity contribution in [1.82, 2.24) is 14.9 Å². The zero-order chi connectivity index (χ0) is 19.4. The summed E-state index contributed by atoms with van der Waals surface area (Å²) in [6, 6.07) is 7.13. The maximum atomic E-state index is 12.4. The summed E-state index contributed by atoms with van der Waals surface area (Å²) in [6.07, 6.45) is 3.11. The first kappa shape index (κ1) is 18.7. The van der Waals surface area contributed by atoms with E-state index < -0.39 is 0 Å². The molecule has 140 valence electrons. The second-order valence-electron chi connectivity index (χ2n) is 5.78. The zero-order valence-corrected chi connectivity index (χ0v) is 16.0. The molecule has 0 saturated heterocycles. The zero-order valence-electron chi connectivity index (χ0n) is 15.2. The van der Waals surface area contributed by atoms with Gasteiger partial charge in [0.1, 0.15) is 22.0 Å². The molecule has 27 heavy (non-hydrogen) atoms. The van der Waals surface area contributed by atoms with Gasteiger partial charge < -0.3 is 19.4 Å². The average Bonchev–Trinajstić information content (AvgIpc) is 3.14. The van der Waals surface area contributed by atoms with Gasteiger partial charge >= 0.3 is 0 Å². The van der Waals surface area contributed by atoms with E-state index >= 15 is 0 Å². The van der Waals surface area contributed by atoms with Crippen molar-refractivity contribution in [2.45, 2.75) is 6.54 Å². The Labute approximate surface area is 159 Å². The quantitative estimate of drug-likeness (QED) is 0.660. The number of hydrogen-bond acceptors (Lipinski definition) is 6. The second kappa shape index (κ2) is 8.05. The molecule has 2 heterocycles. The number of nitrogens with zero attached hydrogens (tertiary/aromatic N) is 2. The van der Waals surface area contributed by atoms with Crippen molar-refractivity contribution in [3.8, 4) is 11.5 Å². The molecule has 3 aromatic rings. The average molecular weight is 385 g/mol. The molecule has 0 saturated carbocycles. The van der Waals surface area contributed by atoms with Gasteiger partial charge in [0.2, 0.25) is 5.91 Å². The number of nitrogens with one attached hydrogen (secondary N) is 1. The Bertz CT molecular complexity index is 1050. The van der Waals surface area contributed by atoms with Crippen molar-refractivity contribution in [1.29, 1.82) is 0 Å². The standard InChI is InChI=1S/C19H19N3O4S/c1-22(11-16-20-14-8-9-27-18(14)19(24)21-16)17(23)7-4-12-10-13(25-2)5-6-15(12)26-3/h4-10H,11H2,1-3H3,(H,20,21,24). The molecule has 8 heteroatoms. The van der Waals surface area contributed by atoms with Gasteiger partial charge in [-0.1, -0.05) is 0 Å². The maximum absolute atomic E-state index is 12.4. The second-order valence-corrected chi connectivity index (χ2v) is 6.70. The Morgan fingerprint density at radius 1 is 1.30 bits per heavy atom. The van der Waals surface area contributed by atoms with Crippen LogP contribution in [0.3, 0.4) is 0 Å². The molecule has 0 bridgehead atoms. The number of fused-ring (bicyclic) bond motifs is 1. The number of hydrogen-bond donors (Lipinski definition) is 1. The molecule has 2 aromatic heterocycles. The Kier molecular flexibility index (Phi) is 5.56. The van der Waals surface area contributed by atoms with Gasteiger partial charge in [0.05, 0.1) is 26.3 Å². The molecule has 1 amide bonds. The van der Waals surface area contributed by atoms with Crippen LogP contribution < -0.4 is 15.0 Å². The molecule has 0 aliphatic heterocycles. The summed E-state index contributed by atoms with van der Waals surface area (Å²) in [5.41, 5.74) is 1.17. The molecule has 1 N–H and O–H groups in total. The van der Waals surface area contributed by atoms with Crippen molar-refractivity contribution in [2.75, 3.05) is 21.3 Å². The lowest BCUT2D eigenvalue weighted by molar-refractivity contribution is -0.125. The predicted octanol–water partition coefficient (Wildman–Crippen LogP) is 2.67. The molecule has 0 atom stereocenters. The van der Waals surface area contributed by atoms with Crippen LogP contribution in [-0.2, 0) is 11.3 Å². The summed E-state index contributed by atoms with van der Waals surface area (Å²) in [6.45, 7) is 0.194. The van der Waals surface area contributed by atoms with Crippen LogP contribution in [0.15, 0.2) is 40.5 Å². The lowest BCUT2D eigenvalue weighted by atomic mass is 10.1. The fraction of sp³-hybridized carbons (Fsp3) is 0.211. The largest absolute Gasteiger partial charge is 0.497 e. The van der Waals surface area contributed by atoms with Crippen LogP contribution in [0.2, 0.25) is 0 Å². The minimum atomic E-state index is -0.229. The van der Waals surface area contributed by atoms with Gasteiger partial charge in [-0.15, -0.1) is 11.3 Å². The van der Waals surface area contributed by atoms with E-state index in [2.05, 4.69) is 9.97 Å². The predicted molar refractivity (Wildman–Crippen MR) is 105 cm³/mol. The van der Waals surface area contributed by atoms with E-state index in [1.807, 2.05) is 5.38 Å². The van der Waals surface area contributed by atoms with Crippen LogP contribution in [-0.4, -0.2) is 42.0 Å². The molecule has 0 aliphatic rings. The van der Waals surface area contributed by atoms with Gasteiger partial charge in [0.15, 0.2) is 0 Å². The molecule has 0 spiro atoms. The molecule has 1 aromatic carbocycles. The Hall–Kier alpha value is -3.13. The van der Waals surface area contributed by atoms with Crippen LogP contribution in [0.1, 0.15) is 11.4 Å². The number of methoxy groups -OCH3 is 2. The van der Waals surface area contributed by atoms with Crippen molar-refractivity contribution in [3.63, 3.8) is 0 Å². The number of rotatable bonds is 6. The third-order valence-electron chi connectivity index (χ3n) is 3.97.